The summed E-state index contributed by atoms with van der Waals surface area (Å²) in [6.45, 7) is 5.25. The predicted molar refractivity (Wildman–Crippen MR) is 115 cm³/mol. The lowest BCUT2D eigenvalue weighted by Gasteiger charge is -2.14. The van der Waals surface area contributed by atoms with Gasteiger partial charge in [-0.15, -0.1) is 0 Å². The maximum absolute atomic E-state index is 13.9. The summed E-state index contributed by atoms with van der Waals surface area (Å²) in [5, 5.41) is 0. The third-order valence-electron chi connectivity index (χ3n) is 4.64. The third kappa shape index (κ3) is 4.63. The van der Waals surface area contributed by atoms with Gasteiger partial charge in [-0.05, 0) is 73.9 Å². The number of anilines is 2. The van der Waals surface area contributed by atoms with Gasteiger partial charge in [-0.2, -0.15) is 0 Å². The summed E-state index contributed by atoms with van der Waals surface area (Å²) >= 11 is 0. The predicted octanol–water partition coefficient (Wildman–Crippen LogP) is 4.35. The molecule has 0 bridgehead atoms. The highest BCUT2D eigenvalue weighted by molar-refractivity contribution is 7.93. The SMILES string of the molecule is Cc1ccc(S(=O)(=O)Nc2ccc(C)c(S(=O)(=O)Nc3ccccc3F)c2)cc1C. The van der Waals surface area contributed by atoms with Gasteiger partial charge >= 0.3 is 0 Å². The highest BCUT2D eigenvalue weighted by Gasteiger charge is 2.21. The van der Waals surface area contributed by atoms with Crippen LogP contribution in [-0.4, -0.2) is 16.8 Å². The van der Waals surface area contributed by atoms with E-state index >= 15 is 0 Å². The molecule has 6 nitrogen and oxygen atoms in total. The number of hydrogen-bond donors (Lipinski definition) is 2. The fourth-order valence-electron chi connectivity index (χ4n) is 2.79. The molecule has 3 aromatic rings. The Morgan fingerprint density at radius 1 is 0.700 bits per heavy atom. The quantitative estimate of drug-likeness (QED) is 0.586. The van der Waals surface area contributed by atoms with Gasteiger partial charge in [0.1, 0.15) is 5.82 Å². The minimum Gasteiger partial charge on any atom is -0.280 e. The molecule has 0 saturated heterocycles. The van der Waals surface area contributed by atoms with Crippen LogP contribution in [0.3, 0.4) is 0 Å². The second-order valence-electron chi connectivity index (χ2n) is 6.92. The van der Waals surface area contributed by atoms with Gasteiger partial charge in [0.2, 0.25) is 0 Å². The van der Waals surface area contributed by atoms with E-state index in [2.05, 4.69) is 9.44 Å². The first-order valence-corrected chi connectivity index (χ1v) is 11.9. The number of rotatable bonds is 6. The highest BCUT2D eigenvalue weighted by Crippen LogP contribution is 2.26. The van der Waals surface area contributed by atoms with Crippen molar-refractivity contribution in [2.75, 3.05) is 9.44 Å². The Labute approximate surface area is 175 Å². The minimum atomic E-state index is -4.15. The van der Waals surface area contributed by atoms with Crippen LogP contribution in [0.25, 0.3) is 0 Å². The number of para-hydroxylation sites is 1. The Morgan fingerprint density at radius 3 is 2.03 bits per heavy atom. The molecular weight excluding hydrogens is 427 g/mol. The second kappa shape index (κ2) is 8.08. The van der Waals surface area contributed by atoms with E-state index in [9.17, 15) is 21.2 Å². The van der Waals surface area contributed by atoms with Crippen LogP contribution in [0.5, 0.6) is 0 Å². The molecule has 9 heteroatoms. The molecule has 0 aliphatic rings. The zero-order valence-electron chi connectivity index (χ0n) is 16.6. The summed E-state index contributed by atoms with van der Waals surface area (Å²) in [5.41, 5.74) is 2.04. The van der Waals surface area contributed by atoms with Gasteiger partial charge in [-0.3, -0.25) is 9.44 Å². The van der Waals surface area contributed by atoms with Crippen molar-refractivity contribution in [2.45, 2.75) is 30.6 Å². The fraction of sp³-hybridized carbons (Fsp3) is 0.143. The lowest BCUT2D eigenvalue weighted by molar-refractivity contribution is 0.596. The maximum Gasteiger partial charge on any atom is 0.262 e. The molecule has 0 aromatic heterocycles. The zero-order valence-corrected chi connectivity index (χ0v) is 18.2. The van der Waals surface area contributed by atoms with Crippen LogP contribution in [0.2, 0.25) is 0 Å². The second-order valence-corrected chi connectivity index (χ2v) is 10.3. The van der Waals surface area contributed by atoms with Crippen LogP contribution in [0.4, 0.5) is 15.8 Å². The van der Waals surface area contributed by atoms with Crippen LogP contribution in [0.15, 0.2) is 70.5 Å². The molecule has 0 unspecified atom stereocenters. The smallest absolute Gasteiger partial charge is 0.262 e. The molecule has 3 rings (SSSR count). The molecule has 0 heterocycles. The van der Waals surface area contributed by atoms with Crippen molar-refractivity contribution >= 4 is 31.4 Å². The summed E-state index contributed by atoms with van der Waals surface area (Å²) in [5.74, 6) is -0.717. The van der Waals surface area contributed by atoms with Crippen LogP contribution in [0.1, 0.15) is 16.7 Å². The molecule has 0 radical (unpaired) electrons. The number of aryl methyl sites for hydroxylation is 3. The van der Waals surface area contributed by atoms with Gasteiger partial charge in [-0.1, -0.05) is 24.3 Å². The van der Waals surface area contributed by atoms with Crippen LogP contribution in [-0.2, 0) is 20.0 Å². The largest absolute Gasteiger partial charge is 0.280 e. The lowest BCUT2D eigenvalue weighted by Crippen LogP contribution is -2.17. The number of halogens is 1. The van der Waals surface area contributed by atoms with Crippen molar-refractivity contribution < 1.29 is 21.2 Å². The molecule has 0 spiro atoms. The third-order valence-corrected chi connectivity index (χ3v) is 7.52. The van der Waals surface area contributed by atoms with E-state index in [4.69, 9.17) is 0 Å². The molecule has 0 aliphatic heterocycles. The molecule has 0 amide bonds. The van der Waals surface area contributed by atoms with Crippen LogP contribution in [0, 0.1) is 26.6 Å². The van der Waals surface area contributed by atoms with Crippen molar-refractivity contribution in [3.05, 3.63) is 83.2 Å². The Hall–Kier alpha value is -2.91. The maximum atomic E-state index is 13.9. The first-order chi connectivity index (χ1) is 14.0. The first-order valence-electron chi connectivity index (χ1n) is 8.98. The van der Waals surface area contributed by atoms with Gasteiger partial charge in [0.05, 0.1) is 21.2 Å². The van der Waals surface area contributed by atoms with Crippen molar-refractivity contribution in [3.8, 4) is 0 Å². The number of hydrogen-bond acceptors (Lipinski definition) is 4. The van der Waals surface area contributed by atoms with Crippen molar-refractivity contribution in [3.63, 3.8) is 0 Å². The van der Waals surface area contributed by atoms with Crippen LogP contribution < -0.4 is 9.44 Å². The van der Waals surface area contributed by atoms with Gasteiger partial charge in [-0.25, -0.2) is 21.2 Å². The average molecular weight is 449 g/mol. The van der Waals surface area contributed by atoms with Gasteiger partial charge < -0.3 is 0 Å². The molecule has 3 aromatic carbocycles. The Kier molecular flexibility index (Phi) is 5.87. The summed E-state index contributed by atoms with van der Waals surface area (Å²) in [6.07, 6.45) is 0. The summed E-state index contributed by atoms with van der Waals surface area (Å²) in [7, 11) is -8.06. The van der Waals surface area contributed by atoms with Crippen LogP contribution >= 0.6 is 0 Å². The number of nitrogens with one attached hydrogen (secondary N) is 2. The Balaban J connectivity index is 1.95. The molecule has 30 heavy (non-hydrogen) atoms. The fourth-order valence-corrected chi connectivity index (χ4v) is 5.27. The molecule has 0 atom stereocenters. The van der Waals surface area contributed by atoms with Crippen molar-refractivity contribution in [2.24, 2.45) is 0 Å². The summed E-state index contributed by atoms with van der Waals surface area (Å²) < 4.78 is 69.5. The highest BCUT2D eigenvalue weighted by atomic mass is 32.2. The minimum absolute atomic E-state index is 0.0695. The Bertz CT molecular complexity index is 1320. The van der Waals surface area contributed by atoms with E-state index in [0.717, 1.165) is 17.2 Å². The molecular formula is C21H21FN2O4S2. The van der Waals surface area contributed by atoms with E-state index in [1.165, 1.54) is 42.5 Å². The monoisotopic (exact) mass is 448 g/mol. The molecule has 0 saturated carbocycles. The topological polar surface area (TPSA) is 92.3 Å². The van der Waals surface area contributed by atoms with E-state index in [-0.39, 0.29) is 21.2 Å². The zero-order chi connectivity index (χ0) is 22.1. The standard InChI is InChI=1S/C21H21FN2O4S2/c1-14-9-11-18(12-16(14)3)29(25,26)23-17-10-8-15(2)21(13-17)30(27,28)24-20-7-5-4-6-19(20)22/h4-13,23-24H,1-3H3. The molecule has 2 N–H and O–H groups in total. The van der Waals surface area contributed by atoms with Gasteiger partial charge in [0, 0.05) is 0 Å². The van der Waals surface area contributed by atoms with E-state index in [1.54, 1.807) is 26.0 Å². The van der Waals surface area contributed by atoms with Gasteiger partial charge in [0.15, 0.2) is 0 Å². The van der Waals surface area contributed by atoms with Gasteiger partial charge in [0.25, 0.3) is 20.0 Å². The number of sulfonamides is 2. The van der Waals surface area contributed by atoms with E-state index in [1.807, 2.05) is 6.92 Å². The molecule has 0 aliphatic carbocycles. The average Bonchev–Trinajstić information content (AvgIpc) is 2.67. The Morgan fingerprint density at radius 2 is 1.37 bits per heavy atom. The van der Waals surface area contributed by atoms with E-state index in [0.29, 0.717) is 5.56 Å². The lowest BCUT2D eigenvalue weighted by atomic mass is 10.1. The van der Waals surface area contributed by atoms with E-state index < -0.39 is 25.9 Å². The summed E-state index contributed by atoms with van der Waals surface area (Å²) in [4.78, 5) is -0.0916. The molecule has 158 valence electrons. The normalized spacial score (nSPS) is 11.9. The summed E-state index contributed by atoms with van der Waals surface area (Å²) in [6, 6.07) is 14.3. The van der Waals surface area contributed by atoms with Crippen molar-refractivity contribution in [1.29, 1.82) is 0 Å². The number of benzene rings is 3. The first kappa shape index (κ1) is 21.8. The molecule has 0 fully saturated rings. The van der Waals surface area contributed by atoms with Crippen molar-refractivity contribution in [1.82, 2.24) is 0 Å².